The molecule has 1 aliphatic heterocycles. The second-order valence-electron chi connectivity index (χ2n) is 4.25. The SMILES string of the molecule is CSCC[C@@H](N)C(=O)N1CCOCC1CC(=O)O. The van der Waals surface area contributed by atoms with E-state index in [-0.39, 0.29) is 18.9 Å². The number of carboxylic acids is 1. The Morgan fingerprint density at radius 1 is 1.61 bits per heavy atom. The molecule has 1 aliphatic rings. The normalized spacial score (nSPS) is 21.7. The molecule has 1 saturated heterocycles. The van der Waals surface area contributed by atoms with Crippen molar-refractivity contribution in [3.05, 3.63) is 0 Å². The number of hydrogen-bond donors (Lipinski definition) is 2. The average Bonchev–Trinajstić information content (AvgIpc) is 2.35. The molecule has 0 aliphatic carbocycles. The summed E-state index contributed by atoms with van der Waals surface area (Å²) in [5, 5.41) is 8.82. The lowest BCUT2D eigenvalue weighted by atomic mass is 10.1. The lowest BCUT2D eigenvalue weighted by molar-refractivity contribution is -0.147. The molecule has 3 N–H and O–H groups in total. The predicted molar refractivity (Wildman–Crippen MR) is 69.5 cm³/mol. The fraction of sp³-hybridized carbons (Fsp3) is 0.818. The zero-order valence-corrected chi connectivity index (χ0v) is 11.3. The van der Waals surface area contributed by atoms with Crippen molar-refractivity contribution in [1.82, 2.24) is 4.90 Å². The van der Waals surface area contributed by atoms with Gasteiger partial charge in [-0.3, -0.25) is 9.59 Å². The smallest absolute Gasteiger partial charge is 0.305 e. The van der Waals surface area contributed by atoms with E-state index >= 15 is 0 Å². The monoisotopic (exact) mass is 276 g/mol. The molecule has 7 heteroatoms. The average molecular weight is 276 g/mol. The van der Waals surface area contributed by atoms with E-state index < -0.39 is 18.1 Å². The Balaban J connectivity index is 2.58. The molecule has 1 unspecified atom stereocenters. The molecule has 0 aromatic rings. The molecular formula is C11H20N2O4S. The van der Waals surface area contributed by atoms with E-state index in [9.17, 15) is 9.59 Å². The summed E-state index contributed by atoms with van der Waals surface area (Å²) in [7, 11) is 0. The van der Waals surface area contributed by atoms with Gasteiger partial charge in [0.2, 0.25) is 5.91 Å². The highest BCUT2D eigenvalue weighted by Gasteiger charge is 2.31. The van der Waals surface area contributed by atoms with Crippen LogP contribution in [-0.2, 0) is 14.3 Å². The summed E-state index contributed by atoms with van der Waals surface area (Å²) in [6, 6.07) is -0.948. The fourth-order valence-electron chi connectivity index (χ4n) is 1.90. The molecule has 6 nitrogen and oxygen atoms in total. The molecule has 0 radical (unpaired) electrons. The van der Waals surface area contributed by atoms with Gasteiger partial charge in [0.05, 0.1) is 31.7 Å². The highest BCUT2D eigenvalue weighted by atomic mass is 32.2. The third-order valence-corrected chi connectivity index (χ3v) is 3.51. The number of nitrogens with two attached hydrogens (primary N) is 1. The van der Waals surface area contributed by atoms with Crippen LogP contribution in [-0.4, -0.2) is 65.7 Å². The van der Waals surface area contributed by atoms with Crippen LogP contribution in [0, 0.1) is 0 Å². The summed E-state index contributed by atoms with van der Waals surface area (Å²) >= 11 is 1.64. The molecule has 1 fully saturated rings. The predicted octanol–water partition coefficient (Wildman–Crippen LogP) is -0.231. The Morgan fingerprint density at radius 3 is 2.94 bits per heavy atom. The number of aliphatic carboxylic acids is 1. The lowest BCUT2D eigenvalue weighted by Gasteiger charge is -2.36. The Kier molecular flexibility index (Phi) is 6.45. The van der Waals surface area contributed by atoms with Crippen LogP contribution in [0.1, 0.15) is 12.8 Å². The highest BCUT2D eigenvalue weighted by molar-refractivity contribution is 7.98. The van der Waals surface area contributed by atoms with Gasteiger partial charge in [0, 0.05) is 6.54 Å². The molecule has 0 spiro atoms. The maximum Gasteiger partial charge on any atom is 0.305 e. The minimum atomic E-state index is -0.930. The summed E-state index contributed by atoms with van der Waals surface area (Å²) in [6.45, 7) is 1.13. The Morgan fingerprint density at radius 2 is 2.33 bits per heavy atom. The van der Waals surface area contributed by atoms with Crippen molar-refractivity contribution >= 4 is 23.6 Å². The van der Waals surface area contributed by atoms with Crippen molar-refractivity contribution in [2.45, 2.75) is 24.9 Å². The fourth-order valence-corrected chi connectivity index (χ4v) is 2.39. The summed E-state index contributed by atoms with van der Waals surface area (Å²) in [6.07, 6.45) is 2.47. The van der Waals surface area contributed by atoms with Gasteiger partial charge < -0.3 is 20.5 Å². The van der Waals surface area contributed by atoms with Crippen LogP contribution in [0.15, 0.2) is 0 Å². The van der Waals surface area contributed by atoms with Gasteiger partial charge in [0.1, 0.15) is 0 Å². The van der Waals surface area contributed by atoms with Crippen LogP contribution in [0.4, 0.5) is 0 Å². The number of hydrogen-bond acceptors (Lipinski definition) is 5. The van der Waals surface area contributed by atoms with Crippen LogP contribution in [0.3, 0.4) is 0 Å². The summed E-state index contributed by atoms with van der Waals surface area (Å²) in [4.78, 5) is 24.4. The van der Waals surface area contributed by atoms with Crippen molar-refractivity contribution in [2.75, 3.05) is 31.8 Å². The van der Waals surface area contributed by atoms with E-state index in [1.54, 1.807) is 16.7 Å². The Labute approximate surface area is 111 Å². The first-order valence-corrected chi connectivity index (χ1v) is 7.30. The summed E-state index contributed by atoms with van der Waals surface area (Å²) < 4.78 is 5.22. The summed E-state index contributed by atoms with van der Waals surface area (Å²) in [5.74, 6) is -0.277. The first-order chi connectivity index (χ1) is 8.56. The standard InChI is InChI=1S/C11H20N2O4S/c1-18-5-2-9(12)11(16)13-3-4-17-7-8(13)6-10(14)15/h8-9H,2-7,12H2,1H3,(H,14,15)/t8?,9-/m1/s1. The van der Waals surface area contributed by atoms with Gasteiger partial charge in [0.25, 0.3) is 0 Å². The second-order valence-corrected chi connectivity index (χ2v) is 5.23. The van der Waals surface area contributed by atoms with Crippen LogP contribution >= 0.6 is 11.8 Å². The number of nitrogens with zero attached hydrogens (tertiary/aromatic N) is 1. The van der Waals surface area contributed by atoms with E-state index in [1.807, 2.05) is 6.26 Å². The molecule has 2 atom stereocenters. The quantitative estimate of drug-likeness (QED) is 0.696. The molecule has 0 aromatic heterocycles. The number of carbonyl (C=O) groups excluding carboxylic acids is 1. The number of carboxylic acid groups (broad SMARTS) is 1. The van der Waals surface area contributed by atoms with Crippen molar-refractivity contribution in [2.24, 2.45) is 5.73 Å². The molecule has 0 saturated carbocycles. The maximum atomic E-state index is 12.1. The number of thioether (sulfide) groups is 1. The Bertz CT molecular complexity index is 301. The highest BCUT2D eigenvalue weighted by Crippen LogP contribution is 2.13. The first kappa shape index (κ1) is 15.3. The minimum Gasteiger partial charge on any atom is -0.481 e. The largest absolute Gasteiger partial charge is 0.481 e. The molecule has 1 rings (SSSR count). The van der Waals surface area contributed by atoms with Crippen LogP contribution in [0.5, 0.6) is 0 Å². The Hall–Kier alpha value is -0.790. The van der Waals surface area contributed by atoms with E-state index in [2.05, 4.69) is 0 Å². The topological polar surface area (TPSA) is 92.9 Å². The van der Waals surface area contributed by atoms with Crippen molar-refractivity contribution in [1.29, 1.82) is 0 Å². The third kappa shape index (κ3) is 4.47. The number of ether oxygens (including phenoxy) is 1. The molecule has 1 heterocycles. The first-order valence-electron chi connectivity index (χ1n) is 5.90. The molecule has 1 amide bonds. The van der Waals surface area contributed by atoms with E-state index in [0.717, 1.165) is 5.75 Å². The van der Waals surface area contributed by atoms with Crippen molar-refractivity contribution < 1.29 is 19.4 Å². The van der Waals surface area contributed by atoms with Gasteiger partial charge in [-0.25, -0.2) is 0 Å². The van der Waals surface area contributed by atoms with Gasteiger partial charge in [-0.15, -0.1) is 0 Å². The molecule has 0 aromatic carbocycles. The van der Waals surface area contributed by atoms with E-state index in [0.29, 0.717) is 19.6 Å². The van der Waals surface area contributed by atoms with Gasteiger partial charge in [-0.2, -0.15) is 11.8 Å². The second kappa shape index (κ2) is 7.60. The lowest BCUT2D eigenvalue weighted by Crippen LogP contribution is -2.54. The molecule has 18 heavy (non-hydrogen) atoms. The van der Waals surface area contributed by atoms with E-state index in [4.69, 9.17) is 15.6 Å². The maximum absolute atomic E-state index is 12.1. The molecule has 104 valence electrons. The molecule has 0 bridgehead atoms. The van der Waals surface area contributed by atoms with Crippen molar-refractivity contribution in [3.8, 4) is 0 Å². The van der Waals surface area contributed by atoms with Crippen molar-refractivity contribution in [3.63, 3.8) is 0 Å². The van der Waals surface area contributed by atoms with Gasteiger partial charge >= 0.3 is 5.97 Å². The number of morpholine rings is 1. The number of amides is 1. The van der Waals surface area contributed by atoms with Gasteiger partial charge in [-0.05, 0) is 18.4 Å². The van der Waals surface area contributed by atoms with Crippen LogP contribution in [0.2, 0.25) is 0 Å². The van der Waals surface area contributed by atoms with E-state index in [1.165, 1.54) is 0 Å². The zero-order valence-electron chi connectivity index (χ0n) is 10.5. The van der Waals surface area contributed by atoms with Crippen LogP contribution < -0.4 is 5.73 Å². The van der Waals surface area contributed by atoms with Gasteiger partial charge in [-0.1, -0.05) is 0 Å². The summed E-state index contributed by atoms with van der Waals surface area (Å²) in [5.41, 5.74) is 5.83. The minimum absolute atomic E-state index is 0.0962. The third-order valence-electron chi connectivity index (χ3n) is 2.87. The molecular weight excluding hydrogens is 256 g/mol. The van der Waals surface area contributed by atoms with Gasteiger partial charge in [0.15, 0.2) is 0 Å². The number of rotatable bonds is 6. The van der Waals surface area contributed by atoms with Crippen LogP contribution in [0.25, 0.3) is 0 Å². The number of carbonyl (C=O) groups is 2. The zero-order chi connectivity index (χ0) is 13.5.